The third-order valence-electron chi connectivity index (χ3n) is 4.70. The first-order chi connectivity index (χ1) is 15.7. The number of hydrazine groups is 1. The van der Waals surface area contributed by atoms with Crippen LogP contribution in [0.1, 0.15) is 47.9 Å². The van der Waals surface area contributed by atoms with Crippen molar-refractivity contribution in [3.05, 3.63) is 52.5 Å². The van der Waals surface area contributed by atoms with Crippen LogP contribution in [0.2, 0.25) is 5.02 Å². The highest BCUT2D eigenvalue weighted by atomic mass is 35.5. The van der Waals surface area contributed by atoms with Crippen LogP contribution < -0.4 is 20.3 Å². The van der Waals surface area contributed by atoms with E-state index < -0.39 is 21.8 Å². The molecule has 0 fully saturated rings. The van der Waals surface area contributed by atoms with Gasteiger partial charge in [0.2, 0.25) is 10.0 Å². The Kier molecular flexibility index (Phi) is 9.51. The van der Waals surface area contributed by atoms with E-state index >= 15 is 0 Å². The molecule has 0 aliphatic carbocycles. The van der Waals surface area contributed by atoms with Crippen LogP contribution in [-0.4, -0.2) is 51.3 Å². The van der Waals surface area contributed by atoms with Crippen LogP contribution in [0.25, 0.3) is 0 Å². The van der Waals surface area contributed by atoms with Gasteiger partial charge in [-0.05, 0) is 42.8 Å². The Morgan fingerprint density at radius 3 is 2.24 bits per heavy atom. The van der Waals surface area contributed by atoms with Crippen molar-refractivity contribution in [2.75, 3.05) is 26.8 Å². The quantitative estimate of drug-likeness (QED) is 0.487. The predicted molar refractivity (Wildman–Crippen MR) is 125 cm³/mol. The van der Waals surface area contributed by atoms with Crippen LogP contribution in [0.3, 0.4) is 0 Å². The summed E-state index contributed by atoms with van der Waals surface area (Å²) in [7, 11) is -2.33. The molecule has 0 aliphatic rings. The molecule has 2 rings (SSSR count). The number of amides is 2. The van der Waals surface area contributed by atoms with Gasteiger partial charge in [0, 0.05) is 18.7 Å². The molecule has 0 atom stereocenters. The number of sulfonamides is 1. The number of ether oxygens (including phenoxy) is 2. The smallest absolute Gasteiger partial charge is 0.271 e. The second kappa shape index (κ2) is 11.9. The molecule has 0 radical (unpaired) electrons. The second-order valence-electron chi connectivity index (χ2n) is 6.85. The molecular weight excluding hydrogens is 470 g/mol. The van der Waals surface area contributed by atoms with Gasteiger partial charge in [-0.3, -0.25) is 20.4 Å². The third kappa shape index (κ3) is 6.37. The zero-order valence-corrected chi connectivity index (χ0v) is 20.5. The third-order valence-corrected chi connectivity index (χ3v) is 7.08. The minimum Gasteiger partial charge on any atom is -0.493 e. The van der Waals surface area contributed by atoms with Gasteiger partial charge in [0.15, 0.2) is 11.5 Å². The number of rotatable bonds is 10. The Balaban J connectivity index is 2.17. The Bertz CT molecular complexity index is 1100. The Labute approximate surface area is 199 Å². The summed E-state index contributed by atoms with van der Waals surface area (Å²) in [6.07, 6.45) is 0.817. The molecule has 9 nitrogen and oxygen atoms in total. The van der Waals surface area contributed by atoms with Crippen LogP contribution in [0.4, 0.5) is 0 Å². The van der Waals surface area contributed by atoms with E-state index in [1.165, 1.54) is 41.7 Å². The van der Waals surface area contributed by atoms with E-state index in [1.807, 2.05) is 6.92 Å². The van der Waals surface area contributed by atoms with Crippen LogP contribution in [0.15, 0.2) is 41.3 Å². The number of halogens is 1. The summed E-state index contributed by atoms with van der Waals surface area (Å²) in [5.74, 6) is -0.496. The van der Waals surface area contributed by atoms with Gasteiger partial charge in [-0.1, -0.05) is 32.4 Å². The van der Waals surface area contributed by atoms with Crippen molar-refractivity contribution in [3.63, 3.8) is 0 Å². The van der Waals surface area contributed by atoms with Crippen LogP contribution in [0.5, 0.6) is 11.5 Å². The Hall–Kier alpha value is -2.82. The van der Waals surface area contributed by atoms with Crippen molar-refractivity contribution >= 4 is 33.4 Å². The highest BCUT2D eigenvalue weighted by molar-refractivity contribution is 7.89. The summed E-state index contributed by atoms with van der Waals surface area (Å²) in [5, 5.41) is 0.0411. The van der Waals surface area contributed by atoms with E-state index in [0.29, 0.717) is 18.1 Å². The van der Waals surface area contributed by atoms with Crippen LogP contribution in [0, 0.1) is 0 Å². The summed E-state index contributed by atoms with van der Waals surface area (Å²) in [5.41, 5.74) is 4.68. The number of nitrogens with one attached hydrogen (secondary N) is 2. The maximum atomic E-state index is 12.7. The molecule has 0 heterocycles. The fourth-order valence-electron chi connectivity index (χ4n) is 2.94. The largest absolute Gasteiger partial charge is 0.493 e. The molecule has 180 valence electrons. The molecule has 0 aromatic heterocycles. The Morgan fingerprint density at radius 2 is 1.64 bits per heavy atom. The Morgan fingerprint density at radius 1 is 0.970 bits per heavy atom. The van der Waals surface area contributed by atoms with Gasteiger partial charge in [0.1, 0.15) is 0 Å². The monoisotopic (exact) mass is 497 g/mol. The first kappa shape index (κ1) is 26.4. The highest BCUT2D eigenvalue weighted by Crippen LogP contribution is 2.28. The van der Waals surface area contributed by atoms with Crippen molar-refractivity contribution in [1.82, 2.24) is 15.2 Å². The van der Waals surface area contributed by atoms with Gasteiger partial charge in [0.25, 0.3) is 11.8 Å². The van der Waals surface area contributed by atoms with E-state index in [9.17, 15) is 18.0 Å². The molecule has 0 saturated heterocycles. The molecule has 2 aromatic rings. The van der Waals surface area contributed by atoms with E-state index in [4.69, 9.17) is 21.1 Å². The maximum Gasteiger partial charge on any atom is 0.271 e. The zero-order valence-electron chi connectivity index (χ0n) is 19.0. The lowest BCUT2D eigenvalue weighted by atomic mass is 10.2. The first-order valence-electron chi connectivity index (χ1n) is 10.4. The molecule has 0 aliphatic heterocycles. The number of carbonyl (C=O) groups excluding carboxylic acids is 2. The molecular formula is C22H28ClN3O6S. The van der Waals surface area contributed by atoms with Crippen molar-refractivity contribution < 1.29 is 27.5 Å². The topological polar surface area (TPSA) is 114 Å². The lowest BCUT2D eigenvalue weighted by Gasteiger charge is -2.19. The van der Waals surface area contributed by atoms with Crippen molar-refractivity contribution in [2.45, 2.75) is 32.1 Å². The number of methoxy groups -OCH3 is 1. The van der Waals surface area contributed by atoms with Gasteiger partial charge in [0.05, 0.1) is 29.2 Å². The minimum absolute atomic E-state index is 0.0411. The number of carbonyl (C=O) groups is 2. The number of benzene rings is 2. The number of nitrogens with zero attached hydrogens (tertiary/aromatic N) is 1. The predicted octanol–water partition coefficient (Wildman–Crippen LogP) is 3.24. The average molecular weight is 498 g/mol. The highest BCUT2D eigenvalue weighted by Gasteiger charge is 2.24. The fourth-order valence-corrected chi connectivity index (χ4v) is 4.63. The zero-order chi connectivity index (χ0) is 24.6. The SMILES string of the molecule is CCCOc1ccc(C(=O)NNC(=O)c2cc(S(=O)(=O)N(CC)CC)ccc2Cl)cc1OC. The van der Waals surface area contributed by atoms with Gasteiger partial charge in [-0.25, -0.2) is 8.42 Å². The van der Waals surface area contributed by atoms with Crippen molar-refractivity contribution in [2.24, 2.45) is 0 Å². The maximum absolute atomic E-state index is 12.7. The van der Waals surface area contributed by atoms with Gasteiger partial charge in [-0.2, -0.15) is 4.31 Å². The molecule has 2 N–H and O–H groups in total. The number of hydrogen-bond acceptors (Lipinski definition) is 6. The minimum atomic E-state index is -3.79. The number of hydrogen-bond donors (Lipinski definition) is 2. The summed E-state index contributed by atoms with van der Waals surface area (Å²) in [6, 6.07) is 8.45. The summed E-state index contributed by atoms with van der Waals surface area (Å²) < 4.78 is 37.6. The van der Waals surface area contributed by atoms with E-state index in [2.05, 4.69) is 10.9 Å². The summed E-state index contributed by atoms with van der Waals surface area (Å²) in [4.78, 5) is 25.0. The van der Waals surface area contributed by atoms with E-state index in [-0.39, 0.29) is 34.1 Å². The van der Waals surface area contributed by atoms with Crippen molar-refractivity contribution in [3.8, 4) is 11.5 Å². The second-order valence-corrected chi connectivity index (χ2v) is 9.20. The lowest BCUT2D eigenvalue weighted by molar-refractivity contribution is 0.0846. The standard InChI is InChI=1S/C22H28ClN3O6S/c1-5-12-32-19-11-8-15(13-20(19)31-4)21(27)24-25-22(28)17-14-16(9-10-18(17)23)33(29,30)26(6-2)7-3/h8-11,13-14H,5-7,12H2,1-4H3,(H,24,27)(H,25,28). The molecule has 2 amide bonds. The van der Waals surface area contributed by atoms with Gasteiger partial charge >= 0.3 is 0 Å². The molecule has 0 spiro atoms. The lowest BCUT2D eigenvalue weighted by Crippen LogP contribution is -2.41. The molecule has 33 heavy (non-hydrogen) atoms. The normalized spacial score (nSPS) is 11.2. The first-order valence-corrected chi connectivity index (χ1v) is 12.2. The van der Waals surface area contributed by atoms with Gasteiger partial charge < -0.3 is 9.47 Å². The summed E-state index contributed by atoms with van der Waals surface area (Å²) >= 11 is 6.11. The average Bonchev–Trinajstić information content (AvgIpc) is 2.81. The molecule has 11 heteroatoms. The van der Waals surface area contributed by atoms with Crippen LogP contribution >= 0.6 is 11.6 Å². The van der Waals surface area contributed by atoms with E-state index in [0.717, 1.165) is 6.42 Å². The molecule has 2 aromatic carbocycles. The van der Waals surface area contributed by atoms with Crippen molar-refractivity contribution in [1.29, 1.82) is 0 Å². The fraction of sp³-hybridized carbons (Fsp3) is 0.364. The molecule has 0 saturated carbocycles. The molecule has 0 bridgehead atoms. The van der Waals surface area contributed by atoms with E-state index in [1.54, 1.807) is 19.9 Å². The molecule has 0 unspecified atom stereocenters. The van der Waals surface area contributed by atoms with Crippen LogP contribution in [-0.2, 0) is 10.0 Å². The summed E-state index contributed by atoms with van der Waals surface area (Å²) in [6.45, 7) is 6.48. The van der Waals surface area contributed by atoms with Gasteiger partial charge in [-0.15, -0.1) is 0 Å².